The molecule has 0 amide bonds. The molecule has 0 aromatic heterocycles. The second-order valence-electron chi connectivity index (χ2n) is 19.8. The number of fused-ring (bicyclic) bond motifs is 1. The Morgan fingerprint density at radius 3 is 0.971 bits per heavy atom. The summed E-state index contributed by atoms with van der Waals surface area (Å²) in [5.74, 6) is -6.79. The number of carboxylic acid groups (broad SMARTS) is 2. The minimum absolute atomic E-state index is 0. The average Bonchev–Trinajstić information content (AvgIpc) is 3.59. The van der Waals surface area contributed by atoms with E-state index in [-0.39, 0.29) is 83.1 Å². The number of hydrogen-bond donors (Lipinski definition) is 1. The van der Waals surface area contributed by atoms with E-state index in [2.05, 4.69) is 127 Å². The van der Waals surface area contributed by atoms with Crippen LogP contribution in [0.5, 0.6) is 0 Å². The number of halogens is 1. The van der Waals surface area contributed by atoms with Gasteiger partial charge < -0.3 is 46.6 Å². The maximum atomic E-state index is 12.2. The number of carboxylic acids is 2. The third-order valence-electron chi connectivity index (χ3n) is 13.2. The van der Waals surface area contributed by atoms with Gasteiger partial charge in [-0.15, -0.1) is 0 Å². The molecule has 7 aliphatic rings. The van der Waals surface area contributed by atoms with E-state index in [1.54, 1.807) is 0 Å². The second-order valence-corrected chi connectivity index (χ2v) is 19.8. The Morgan fingerprint density at radius 1 is 0.471 bits per heavy atom. The Morgan fingerprint density at radius 2 is 0.721 bits per heavy atom. The van der Waals surface area contributed by atoms with Crippen LogP contribution in [-0.2, 0) is 37.0 Å². The zero-order valence-corrected chi connectivity index (χ0v) is 42.4. The van der Waals surface area contributed by atoms with Crippen molar-refractivity contribution in [3.05, 3.63) is 213 Å². The molecule has 4 unspecified atom stereocenters. The van der Waals surface area contributed by atoms with E-state index >= 15 is 0 Å². The number of aliphatic carboxylic acids is 2. The van der Waals surface area contributed by atoms with E-state index < -0.39 is 35.6 Å². The molecule has 13 rings (SSSR count). The van der Waals surface area contributed by atoms with Gasteiger partial charge in [-0.1, -0.05) is 158 Å². The number of ether oxygens (including phenoxy) is 1. The summed E-state index contributed by atoms with van der Waals surface area (Å²) < 4.78 is 6.95. The summed E-state index contributed by atoms with van der Waals surface area (Å²) in [4.78, 5) is 47.9. The summed E-state index contributed by atoms with van der Waals surface area (Å²) in [6.45, 7) is 2.20. The number of hydrogen-bond acceptors (Lipinski definition) is 7. The summed E-state index contributed by atoms with van der Waals surface area (Å²) in [6.07, 6.45) is 0. The standard InChI is InChI=1S/C18H14O4.C18H12O3.2C10H16N.ClH.Na.H2O/c19-17(20)15-13-9-5-1-2-6-10(9)14(16(15)18(21)22)12-8-4-3-7-11(12)13;19-17-15-13-9-5-1-2-6-10(9)14(16(15)18(20)21-17)12-8-4-3-7-11(12)13;2*1-11(2,3)9-10-7-5-4-6-8-10;;;/h1-8,13-16H,(H,19,20)(H,21,22);1-8,13-16H;2*4-8H,9H2,1-3H3;1H;;1H2/q;;2*+1;;+1;/p-3. The molecule has 1 fully saturated rings. The van der Waals surface area contributed by atoms with Crippen molar-refractivity contribution in [1.82, 2.24) is 0 Å². The van der Waals surface area contributed by atoms with Gasteiger partial charge in [0.1, 0.15) is 13.1 Å². The van der Waals surface area contributed by atoms with Gasteiger partial charge in [-0.25, -0.2) is 0 Å². The SMILES string of the molecule is C[N+](C)(C)Cc1ccccc1.C[N+](C)(C)Cc1ccccc1.O=C([O-])C1C2c3ccccc3C(c3ccccc32)C1C(=O)O.O=C1OC(=O)C2C3c4ccccc4C(c4ccccc43)C12.[Cl-].[Na+].[OH-]. The Labute approximate surface area is 427 Å². The minimum atomic E-state index is -1.29. The molecule has 2 N–H and O–H groups in total. The molecule has 6 aromatic carbocycles. The van der Waals surface area contributed by atoms with Crippen LogP contribution in [0.3, 0.4) is 0 Å². The van der Waals surface area contributed by atoms with Gasteiger partial charge in [-0.2, -0.15) is 0 Å². The molecule has 6 aliphatic carbocycles. The fourth-order valence-corrected chi connectivity index (χ4v) is 11.0. The monoisotopic (exact) mass is 944 g/mol. The summed E-state index contributed by atoms with van der Waals surface area (Å²) in [7, 11) is 13.2. The van der Waals surface area contributed by atoms with Crippen molar-refractivity contribution in [3.63, 3.8) is 0 Å². The Hall–Kier alpha value is -5.43. The third kappa shape index (κ3) is 10.9. The Balaban J connectivity index is 0.000000175. The maximum absolute atomic E-state index is 12.2. The molecule has 348 valence electrons. The van der Waals surface area contributed by atoms with Gasteiger partial charge in [-0.3, -0.25) is 14.4 Å². The van der Waals surface area contributed by atoms with Gasteiger partial charge in [0.2, 0.25) is 0 Å². The van der Waals surface area contributed by atoms with E-state index in [0.29, 0.717) is 0 Å². The fourth-order valence-electron chi connectivity index (χ4n) is 11.0. The predicted molar refractivity (Wildman–Crippen MR) is 249 cm³/mol. The van der Waals surface area contributed by atoms with Crippen molar-refractivity contribution in [1.29, 1.82) is 0 Å². The average molecular weight is 946 g/mol. The molecular formula is C56H58ClN2NaO8. The molecule has 4 atom stereocenters. The normalized spacial score (nSPS) is 22.4. The molecule has 0 saturated carbocycles. The summed E-state index contributed by atoms with van der Waals surface area (Å²) in [5.41, 5.74) is 11.2. The van der Waals surface area contributed by atoms with Gasteiger partial charge >= 0.3 is 47.5 Å². The van der Waals surface area contributed by atoms with Crippen molar-refractivity contribution in [2.45, 2.75) is 36.8 Å². The molecule has 1 heterocycles. The van der Waals surface area contributed by atoms with Crippen molar-refractivity contribution < 1.29 is 90.5 Å². The largest absolute Gasteiger partial charge is 1.00 e. The molecule has 0 radical (unpaired) electrons. The first kappa shape index (κ1) is 53.5. The van der Waals surface area contributed by atoms with Crippen LogP contribution in [0.1, 0.15) is 79.3 Å². The second kappa shape index (κ2) is 21.9. The van der Waals surface area contributed by atoms with Gasteiger partial charge in [-0.05, 0) is 44.5 Å². The fraction of sp³-hybridized carbons (Fsp3) is 0.286. The van der Waals surface area contributed by atoms with E-state index in [1.807, 2.05) is 72.8 Å². The molecule has 4 bridgehead atoms. The van der Waals surface area contributed by atoms with Crippen LogP contribution in [0.4, 0.5) is 0 Å². The minimum Gasteiger partial charge on any atom is -1.00 e. The number of esters is 2. The predicted octanol–water partition coefficient (Wildman–Crippen LogP) is 1.55. The van der Waals surface area contributed by atoms with Crippen molar-refractivity contribution in [2.24, 2.45) is 23.7 Å². The van der Waals surface area contributed by atoms with E-state index in [9.17, 15) is 29.4 Å². The number of carbonyl (C=O) groups is 4. The molecule has 10 nitrogen and oxygen atoms in total. The first-order valence-corrected chi connectivity index (χ1v) is 22.3. The molecule has 6 aromatic rings. The van der Waals surface area contributed by atoms with Crippen LogP contribution in [0, 0.1) is 23.7 Å². The Bertz CT molecular complexity index is 2460. The number of cyclic esters (lactones) is 2. The number of nitrogens with zero attached hydrogens (tertiary/aromatic N) is 2. The van der Waals surface area contributed by atoms with Crippen LogP contribution >= 0.6 is 0 Å². The molecule has 12 heteroatoms. The first-order chi connectivity index (χ1) is 31.0. The van der Waals surface area contributed by atoms with Gasteiger partial charge in [0.25, 0.3) is 0 Å². The molecule has 1 saturated heterocycles. The summed E-state index contributed by atoms with van der Waals surface area (Å²) in [6, 6.07) is 52.5. The van der Waals surface area contributed by atoms with Gasteiger partial charge in [0.05, 0.1) is 60.0 Å². The van der Waals surface area contributed by atoms with Crippen LogP contribution in [-0.4, -0.2) is 85.7 Å². The van der Waals surface area contributed by atoms with Crippen molar-refractivity contribution in [3.8, 4) is 0 Å². The quantitative estimate of drug-likeness (QED) is 0.115. The zero-order valence-electron chi connectivity index (χ0n) is 39.7. The molecular weight excluding hydrogens is 887 g/mol. The van der Waals surface area contributed by atoms with Crippen LogP contribution in [0.25, 0.3) is 0 Å². The van der Waals surface area contributed by atoms with Gasteiger partial charge in [0.15, 0.2) is 0 Å². The third-order valence-corrected chi connectivity index (χ3v) is 13.2. The first-order valence-electron chi connectivity index (χ1n) is 22.3. The molecule has 1 aliphatic heterocycles. The zero-order chi connectivity index (χ0) is 46.2. The number of carbonyl (C=O) groups excluding carboxylic acids is 3. The number of benzene rings is 6. The van der Waals surface area contributed by atoms with E-state index in [0.717, 1.165) is 44.3 Å². The smallest absolute Gasteiger partial charge is 1.00 e. The van der Waals surface area contributed by atoms with Gasteiger partial charge in [0, 0.05) is 46.7 Å². The van der Waals surface area contributed by atoms with Crippen LogP contribution < -0.4 is 47.1 Å². The van der Waals surface area contributed by atoms with Crippen LogP contribution in [0.15, 0.2) is 158 Å². The maximum Gasteiger partial charge on any atom is 1.00 e. The molecule has 0 spiro atoms. The van der Waals surface area contributed by atoms with Crippen molar-refractivity contribution in [2.75, 3.05) is 42.3 Å². The Kier molecular flexibility index (Phi) is 17.2. The number of rotatable bonds is 6. The van der Waals surface area contributed by atoms with Crippen LogP contribution in [0.2, 0.25) is 0 Å². The summed E-state index contributed by atoms with van der Waals surface area (Å²) >= 11 is 0. The van der Waals surface area contributed by atoms with E-state index in [1.165, 1.54) is 33.4 Å². The summed E-state index contributed by atoms with van der Waals surface area (Å²) in [5, 5.41) is 21.3. The molecule has 68 heavy (non-hydrogen) atoms. The van der Waals surface area contributed by atoms with E-state index in [4.69, 9.17) is 4.74 Å². The van der Waals surface area contributed by atoms with Crippen molar-refractivity contribution >= 4 is 23.9 Å². The number of quaternary nitrogens is 2. The topological polar surface area (TPSA) is 151 Å².